The lowest BCUT2D eigenvalue weighted by Crippen LogP contribution is -2.45. The van der Waals surface area contributed by atoms with Gasteiger partial charge in [0.1, 0.15) is 0 Å². The predicted molar refractivity (Wildman–Crippen MR) is 243 cm³/mol. The third-order valence-electron chi connectivity index (χ3n) is 15.9. The molecule has 0 N–H and O–H groups in total. The summed E-state index contributed by atoms with van der Waals surface area (Å²) in [6.07, 6.45) is 56.3. The molecule has 7 aliphatic rings. The van der Waals surface area contributed by atoms with E-state index < -0.39 is 0 Å². The average molecular weight is 748 g/mol. The summed E-state index contributed by atoms with van der Waals surface area (Å²) in [5, 5.41) is 0. The fourth-order valence-corrected chi connectivity index (χ4v) is 12.6. The van der Waals surface area contributed by atoms with Crippen LogP contribution in [0.5, 0.6) is 0 Å². The average Bonchev–Trinajstić information content (AvgIpc) is 3.28. The largest absolute Gasteiger partial charge is 0.371 e. The van der Waals surface area contributed by atoms with E-state index >= 15 is 0 Å². The van der Waals surface area contributed by atoms with E-state index in [2.05, 4.69) is 123 Å². The summed E-state index contributed by atoms with van der Waals surface area (Å²) < 4.78 is 0. The maximum atomic E-state index is 3.95. The lowest BCUT2D eigenvalue weighted by atomic mass is 9.60. The van der Waals surface area contributed by atoms with Crippen LogP contribution < -0.4 is 4.90 Å². The molecule has 1 heteroatoms. The molecule has 1 aromatic carbocycles. The number of hydrogen-bond donors (Lipinski definition) is 0. The zero-order valence-corrected chi connectivity index (χ0v) is 35.2. The first kappa shape index (κ1) is 39.5. The summed E-state index contributed by atoms with van der Waals surface area (Å²) in [6.45, 7) is 11.5. The molecule has 0 amide bonds. The number of nitrogens with zero attached hydrogens (tertiary/aromatic N) is 1. The van der Waals surface area contributed by atoms with Gasteiger partial charge in [-0.25, -0.2) is 0 Å². The number of rotatable bonds is 8. The minimum Gasteiger partial charge on any atom is -0.371 e. The predicted octanol–water partition coefficient (Wildman–Crippen LogP) is 14.8. The summed E-state index contributed by atoms with van der Waals surface area (Å²) >= 11 is 0. The Hall–Kier alpha value is -3.32. The van der Waals surface area contributed by atoms with E-state index in [9.17, 15) is 0 Å². The summed E-state index contributed by atoms with van der Waals surface area (Å²) in [5.74, 6) is 6.85. The van der Waals surface area contributed by atoms with Crippen LogP contribution in [0, 0.1) is 59.2 Å². The van der Waals surface area contributed by atoms with Crippen LogP contribution in [0.15, 0.2) is 120 Å². The summed E-state index contributed by atoms with van der Waals surface area (Å²) in [7, 11) is 0. The maximum absolute atomic E-state index is 3.95. The highest BCUT2D eigenvalue weighted by atomic mass is 15.1. The lowest BCUT2D eigenvalue weighted by molar-refractivity contribution is 0.0788. The zero-order valence-electron chi connectivity index (χ0n) is 35.2. The van der Waals surface area contributed by atoms with Crippen LogP contribution in [0.25, 0.3) is 6.08 Å². The number of anilines is 1. The number of fused-ring (bicyclic) bond motifs is 2. The highest BCUT2D eigenvalue weighted by Gasteiger charge is 2.43. The van der Waals surface area contributed by atoms with E-state index in [-0.39, 0.29) is 0 Å². The second-order valence-electron chi connectivity index (χ2n) is 19.3. The molecular weight excluding hydrogens is 675 g/mol. The van der Waals surface area contributed by atoms with Crippen molar-refractivity contribution in [2.45, 2.75) is 123 Å². The van der Waals surface area contributed by atoms with Crippen LogP contribution in [-0.4, -0.2) is 13.1 Å². The summed E-state index contributed by atoms with van der Waals surface area (Å²) in [5.41, 5.74) is 9.61. The van der Waals surface area contributed by atoms with Crippen molar-refractivity contribution in [3.8, 4) is 0 Å². The normalized spacial score (nSPS) is 36.1. The fourth-order valence-electron chi connectivity index (χ4n) is 12.6. The van der Waals surface area contributed by atoms with Gasteiger partial charge >= 0.3 is 0 Å². The minimum atomic E-state index is 0.605. The maximum Gasteiger partial charge on any atom is 0.0372 e. The molecule has 1 saturated carbocycles. The molecule has 1 aromatic rings. The molecule has 6 aliphatic carbocycles. The molecule has 0 radical (unpaired) electrons. The van der Waals surface area contributed by atoms with Crippen molar-refractivity contribution >= 4 is 11.8 Å². The molecule has 8 rings (SSSR count). The number of aryl methyl sites for hydroxylation is 1. The molecule has 1 fully saturated rings. The number of hydrogen-bond acceptors (Lipinski definition) is 1. The number of allylic oxidation sites excluding steroid dienone is 16. The second kappa shape index (κ2) is 19.0. The van der Waals surface area contributed by atoms with Crippen molar-refractivity contribution in [1.29, 1.82) is 0 Å². The van der Waals surface area contributed by atoms with Gasteiger partial charge in [-0.05, 0) is 197 Å². The third-order valence-corrected chi connectivity index (χ3v) is 15.9. The van der Waals surface area contributed by atoms with Crippen molar-refractivity contribution < 1.29 is 0 Å². The highest BCUT2D eigenvalue weighted by Crippen LogP contribution is 2.51. The van der Waals surface area contributed by atoms with E-state index in [1.165, 1.54) is 133 Å². The van der Waals surface area contributed by atoms with Gasteiger partial charge in [0.25, 0.3) is 0 Å². The van der Waals surface area contributed by atoms with Crippen LogP contribution >= 0.6 is 0 Å². The monoisotopic (exact) mass is 748 g/mol. The highest BCUT2D eigenvalue weighted by molar-refractivity contribution is 5.63. The van der Waals surface area contributed by atoms with Gasteiger partial charge in [0, 0.05) is 18.8 Å². The molecular formula is C55H73N. The van der Waals surface area contributed by atoms with Gasteiger partial charge in [0.05, 0.1) is 0 Å². The molecule has 1 heterocycles. The van der Waals surface area contributed by atoms with Crippen LogP contribution in [0.2, 0.25) is 0 Å². The Bertz CT molecular complexity index is 1750. The van der Waals surface area contributed by atoms with E-state index in [4.69, 9.17) is 0 Å². The van der Waals surface area contributed by atoms with Gasteiger partial charge in [-0.3, -0.25) is 0 Å². The van der Waals surface area contributed by atoms with Gasteiger partial charge in [-0.1, -0.05) is 123 Å². The SMILES string of the molecule is C=C/C=C\CC1CC=CC(C2C/C=C(\C)C(C)C3CCCCC3C(C3CC(C4=CCCCC4)=CC(C4C=CC=CC4)C3)CN(c3ccc4c(c3)C=CCC4)C2)C1. The first-order valence-corrected chi connectivity index (χ1v) is 23.4. The molecule has 56 heavy (non-hydrogen) atoms. The van der Waals surface area contributed by atoms with Gasteiger partial charge in [-0.2, -0.15) is 0 Å². The smallest absolute Gasteiger partial charge is 0.0372 e. The quantitative estimate of drug-likeness (QED) is 0.189. The Kier molecular flexibility index (Phi) is 13.4. The van der Waals surface area contributed by atoms with E-state index in [0.717, 1.165) is 30.2 Å². The Labute approximate surface area is 342 Å². The first-order chi connectivity index (χ1) is 27.5. The first-order valence-electron chi connectivity index (χ1n) is 23.4. The van der Waals surface area contributed by atoms with Crippen LogP contribution in [0.3, 0.4) is 0 Å². The molecule has 0 bridgehead atoms. The van der Waals surface area contributed by atoms with Crippen molar-refractivity contribution in [3.05, 3.63) is 132 Å². The van der Waals surface area contributed by atoms with E-state index in [0.29, 0.717) is 35.5 Å². The summed E-state index contributed by atoms with van der Waals surface area (Å²) in [4.78, 5) is 2.98. The molecule has 0 aromatic heterocycles. The molecule has 10 atom stereocenters. The second-order valence-corrected chi connectivity index (χ2v) is 19.3. The van der Waals surface area contributed by atoms with Gasteiger partial charge in [0.15, 0.2) is 0 Å². The third kappa shape index (κ3) is 9.35. The Balaban J connectivity index is 1.20. The molecule has 0 spiro atoms. The van der Waals surface area contributed by atoms with Crippen LogP contribution in [0.4, 0.5) is 5.69 Å². The molecule has 1 aliphatic heterocycles. The van der Waals surface area contributed by atoms with Crippen molar-refractivity contribution in [2.75, 3.05) is 18.0 Å². The summed E-state index contributed by atoms with van der Waals surface area (Å²) in [6, 6.07) is 7.63. The topological polar surface area (TPSA) is 3.24 Å². The van der Waals surface area contributed by atoms with Gasteiger partial charge in [0.2, 0.25) is 0 Å². The molecule has 298 valence electrons. The van der Waals surface area contributed by atoms with E-state index in [1.54, 1.807) is 16.7 Å². The zero-order chi connectivity index (χ0) is 38.3. The van der Waals surface area contributed by atoms with Crippen molar-refractivity contribution in [2.24, 2.45) is 59.2 Å². The van der Waals surface area contributed by atoms with Crippen LogP contribution in [0.1, 0.15) is 128 Å². The Morgan fingerprint density at radius 1 is 0.768 bits per heavy atom. The molecule has 1 nitrogen and oxygen atoms in total. The minimum absolute atomic E-state index is 0.605. The Morgan fingerprint density at radius 2 is 1.68 bits per heavy atom. The molecule has 10 unspecified atom stereocenters. The van der Waals surface area contributed by atoms with Gasteiger partial charge < -0.3 is 4.90 Å². The standard InChI is InChI=1S/C55H73N/c1-4-5-8-18-42-19-17-26-46(33-42)48-30-29-40(2)41(3)53-27-15-16-28-54(53)55(39-56(38-48)52-32-31-45-24-13-14-25-47(45)37-52)51-35-49(43-20-9-6-10-21-43)34-50(36-51)44-22-11-7-12-23-44/h4-6,8-10,14,17,20,22,25-26,29,31-32,34,37,41-43,46,48-49,51,53-55H,1,7,11-13,15-16,18-19,21,23-24,27-28,30,33,35-36,38-39H2,2-3H3/b8-5-,40-29+. The fraction of sp³-hybridized carbons (Fsp3) is 0.564. The molecule has 0 saturated heterocycles. The van der Waals surface area contributed by atoms with E-state index in [1.807, 2.05) is 6.08 Å². The van der Waals surface area contributed by atoms with Crippen molar-refractivity contribution in [1.82, 2.24) is 0 Å². The Morgan fingerprint density at radius 3 is 2.52 bits per heavy atom. The van der Waals surface area contributed by atoms with Gasteiger partial charge in [-0.15, -0.1) is 0 Å². The van der Waals surface area contributed by atoms with Crippen LogP contribution in [-0.2, 0) is 6.42 Å². The lowest BCUT2D eigenvalue weighted by Gasteiger charge is -2.48. The number of benzene rings is 1. The van der Waals surface area contributed by atoms with Crippen molar-refractivity contribution in [3.63, 3.8) is 0 Å².